The largest absolute Gasteiger partial charge is 0.435 e. The van der Waals surface area contributed by atoms with Crippen molar-refractivity contribution in [3.8, 4) is 5.75 Å². The summed E-state index contributed by atoms with van der Waals surface area (Å²) in [7, 11) is -3.89. The number of rotatable bonds is 8. The first-order valence-electron chi connectivity index (χ1n) is 8.53. The highest BCUT2D eigenvalue weighted by Crippen LogP contribution is 2.19. The van der Waals surface area contributed by atoms with Gasteiger partial charge in [0.25, 0.3) is 0 Å². The fourth-order valence-corrected chi connectivity index (χ4v) is 3.73. The number of ether oxygens (including phenoxy) is 1. The molecular formula is C19H22F2N2O4S. The van der Waals surface area contributed by atoms with Gasteiger partial charge in [-0.1, -0.05) is 31.5 Å². The first kappa shape index (κ1) is 21.8. The monoisotopic (exact) mass is 412 g/mol. The Hall–Kier alpha value is -2.52. The Balaban J connectivity index is 2.12. The first-order valence-corrected chi connectivity index (χ1v) is 10.0. The van der Waals surface area contributed by atoms with E-state index >= 15 is 0 Å². The maximum Gasteiger partial charge on any atom is 0.387 e. The van der Waals surface area contributed by atoms with Crippen LogP contribution in [0.3, 0.4) is 0 Å². The van der Waals surface area contributed by atoms with E-state index in [4.69, 9.17) is 0 Å². The number of carbonyl (C=O) groups excluding carboxylic acids is 1. The summed E-state index contributed by atoms with van der Waals surface area (Å²) < 4.78 is 56.2. The van der Waals surface area contributed by atoms with E-state index in [9.17, 15) is 22.0 Å². The van der Waals surface area contributed by atoms with Crippen LogP contribution in [0.4, 0.5) is 14.5 Å². The third-order valence-corrected chi connectivity index (χ3v) is 5.37. The lowest BCUT2D eigenvalue weighted by molar-refractivity contribution is -0.118. The minimum atomic E-state index is -3.89. The molecular weight excluding hydrogens is 390 g/mol. The highest BCUT2D eigenvalue weighted by molar-refractivity contribution is 7.89. The molecule has 0 aromatic heterocycles. The van der Waals surface area contributed by atoms with Gasteiger partial charge < -0.3 is 10.1 Å². The number of carbonyl (C=O) groups is 1. The maximum atomic E-state index is 12.6. The minimum absolute atomic E-state index is 0.0477. The van der Waals surface area contributed by atoms with Gasteiger partial charge in [0, 0.05) is 5.69 Å². The number of aryl methyl sites for hydroxylation is 1. The third-order valence-electron chi connectivity index (χ3n) is 3.91. The number of halogens is 2. The second kappa shape index (κ2) is 9.11. The summed E-state index contributed by atoms with van der Waals surface area (Å²) in [6.45, 7) is 2.32. The second-order valence-electron chi connectivity index (χ2n) is 6.55. The molecule has 0 aliphatic heterocycles. The van der Waals surface area contributed by atoms with Crippen LogP contribution in [-0.2, 0) is 14.8 Å². The van der Waals surface area contributed by atoms with E-state index in [0.29, 0.717) is 5.69 Å². The molecule has 0 aliphatic rings. The molecule has 0 heterocycles. The molecule has 2 rings (SSSR count). The SMILES string of the molecule is Cc1ccc(S(=O)(=O)NC(C(=O)Nc2ccc(OC(F)F)cc2)C(C)C)cc1. The Morgan fingerprint density at radius 1 is 1.00 bits per heavy atom. The third kappa shape index (κ3) is 6.00. The Morgan fingerprint density at radius 2 is 1.57 bits per heavy atom. The van der Waals surface area contributed by atoms with Gasteiger partial charge in [0.05, 0.1) is 4.90 Å². The van der Waals surface area contributed by atoms with Crippen molar-refractivity contribution in [2.75, 3.05) is 5.32 Å². The van der Waals surface area contributed by atoms with Crippen LogP contribution in [0.5, 0.6) is 5.75 Å². The van der Waals surface area contributed by atoms with Crippen LogP contribution in [0.1, 0.15) is 19.4 Å². The minimum Gasteiger partial charge on any atom is -0.435 e. The average molecular weight is 412 g/mol. The lowest BCUT2D eigenvalue weighted by Crippen LogP contribution is -2.47. The highest BCUT2D eigenvalue weighted by Gasteiger charge is 2.28. The van der Waals surface area contributed by atoms with Crippen LogP contribution in [0.15, 0.2) is 53.4 Å². The summed E-state index contributed by atoms with van der Waals surface area (Å²) in [6.07, 6.45) is 0. The summed E-state index contributed by atoms with van der Waals surface area (Å²) in [6, 6.07) is 10.6. The van der Waals surface area contributed by atoms with Crippen LogP contribution in [0, 0.1) is 12.8 Å². The van der Waals surface area contributed by atoms with Crippen LogP contribution in [0.25, 0.3) is 0 Å². The van der Waals surface area contributed by atoms with Gasteiger partial charge in [0.2, 0.25) is 15.9 Å². The molecule has 0 saturated heterocycles. The zero-order valence-corrected chi connectivity index (χ0v) is 16.5. The van der Waals surface area contributed by atoms with Gasteiger partial charge in [-0.25, -0.2) is 8.42 Å². The van der Waals surface area contributed by atoms with E-state index in [1.165, 1.54) is 36.4 Å². The van der Waals surface area contributed by atoms with E-state index in [2.05, 4.69) is 14.8 Å². The standard InChI is InChI=1S/C19H22F2N2O4S/c1-12(2)17(23-28(25,26)16-10-4-13(3)5-11-16)18(24)22-14-6-8-15(9-7-14)27-19(20)21/h4-12,17,19,23H,1-3H3,(H,22,24). The van der Waals surface area contributed by atoms with Gasteiger partial charge in [0.1, 0.15) is 11.8 Å². The van der Waals surface area contributed by atoms with Gasteiger partial charge in [-0.3, -0.25) is 4.79 Å². The van der Waals surface area contributed by atoms with E-state index in [1.807, 2.05) is 6.92 Å². The molecule has 0 aliphatic carbocycles. The number of nitrogens with one attached hydrogen (secondary N) is 2. The van der Waals surface area contributed by atoms with Crippen molar-refractivity contribution < 1.29 is 26.7 Å². The predicted molar refractivity (Wildman–Crippen MR) is 102 cm³/mol. The summed E-state index contributed by atoms with van der Waals surface area (Å²) in [4.78, 5) is 12.7. The Labute approximate surface area is 163 Å². The van der Waals surface area contributed by atoms with Gasteiger partial charge in [-0.15, -0.1) is 0 Å². The summed E-state index contributed by atoms with van der Waals surface area (Å²) in [5.41, 5.74) is 1.24. The number of sulfonamides is 1. The number of anilines is 1. The number of hydrogen-bond acceptors (Lipinski definition) is 4. The smallest absolute Gasteiger partial charge is 0.387 e. The number of amides is 1. The maximum absolute atomic E-state index is 12.6. The molecule has 0 spiro atoms. The van der Waals surface area contributed by atoms with Crippen molar-refractivity contribution >= 4 is 21.6 Å². The zero-order valence-electron chi connectivity index (χ0n) is 15.6. The number of benzene rings is 2. The van der Waals surface area contributed by atoms with E-state index < -0.39 is 28.6 Å². The Bertz CT molecular complexity index is 899. The van der Waals surface area contributed by atoms with Gasteiger partial charge in [0.15, 0.2) is 0 Å². The molecule has 0 radical (unpaired) electrons. The van der Waals surface area contributed by atoms with Crippen LogP contribution in [-0.4, -0.2) is 27.0 Å². The molecule has 1 atom stereocenters. The lowest BCUT2D eigenvalue weighted by atomic mass is 10.0. The van der Waals surface area contributed by atoms with E-state index in [-0.39, 0.29) is 16.6 Å². The van der Waals surface area contributed by atoms with Crippen LogP contribution >= 0.6 is 0 Å². The van der Waals surface area contributed by atoms with Gasteiger partial charge in [-0.05, 0) is 49.2 Å². The molecule has 0 saturated carbocycles. The lowest BCUT2D eigenvalue weighted by Gasteiger charge is -2.22. The summed E-state index contributed by atoms with van der Waals surface area (Å²) >= 11 is 0. The van der Waals surface area contributed by atoms with Gasteiger partial charge >= 0.3 is 6.61 Å². The zero-order chi connectivity index (χ0) is 20.9. The van der Waals surface area contributed by atoms with E-state index in [0.717, 1.165) is 5.56 Å². The molecule has 0 fully saturated rings. The van der Waals surface area contributed by atoms with E-state index in [1.54, 1.807) is 26.0 Å². The second-order valence-corrected chi connectivity index (χ2v) is 8.26. The number of hydrogen-bond donors (Lipinski definition) is 2. The molecule has 152 valence electrons. The van der Waals surface area contributed by atoms with Crippen molar-refractivity contribution in [2.45, 2.75) is 38.3 Å². The average Bonchev–Trinajstić information content (AvgIpc) is 2.61. The van der Waals surface area contributed by atoms with Crippen molar-refractivity contribution in [1.82, 2.24) is 4.72 Å². The van der Waals surface area contributed by atoms with Crippen molar-refractivity contribution in [2.24, 2.45) is 5.92 Å². The fraction of sp³-hybridized carbons (Fsp3) is 0.316. The summed E-state index contributed by atoms with van der Waals surface area (Å²) in [5, 5.41) is 2.58. The van der Waals surface area contributed by atoms with Crippen molar-refractivity contribution in [3.63, 3.8) is 0 Å². The molecule has 2 aromatic rings. The molecule has 2 aromatic carbocycles. The quantitative estimate of drug-likeness (QED) is 0.695. The Morgan fingerprint density at radius 3 is 2.07 bits per heavy atom. The van der Waals surface area contributed by atoms with Crippen molar-refractivity contribution in [1.29, 1.82) is 0 Å². The van der Waals surface area contributed by atoms with Gasteiger partial charge in [-0.2, -0.15) is 13.5 Å². The van der Waals surface area contributed by atoms with Crippen LogP contribution in [0.2, 0.25) is 0 Å². The molecule has 0 bridgehead atoms. The topological polar surface area (TPSA) is 84.5 Å². The highest BCUT2D eigenvalue weighted by atomic mass is 32.2. The number of alkyl halides is 2. The molecule has 6 nitrogen and oxygen atoms in total. The van der Waals surface area contributed by atoms with Crippen molar-refractivity contribution in [3.05, 3.63) is 54.1 Å². The molecule has 1 amide bonds. The van der Waals surface area contributed by atoms with Crippen LogP contribution < -0.4 is 14.8 Å². The molecule has 9 heteroatoms. The first-order chi connectivity index (χ1) is 13.1. The molecule has 2 N–H and O–H groups in total. The predicted octanol–water partition coefficient (Wildman–Crippen LogP) is 3.54. The molecule has 28 heavy (non-hydrogen) atoms. The normalized spacial score (nSPS) is 12.8. The Kier molecular flexibility index (Phi) is 7.09. The molecule has 1 unspecified atom stereocenters. The fourth-order valence-electron chi connectivity index (χ4n) is 2.38. The summed E-state index contributed by atoms with van der Waals surface area (Å²) in [5.74, 6) is -0.941.